The summed E-state index contributed by atoms with van der Waals surface area (Å²) < 4.78 is 32.3. The maximum Gasteiger partial charge on any atom is 0.243 e. The Kier molecular flexibility index (Phi) is 5.24. The Morgan fingerprint density at radius 3 is 2.67 bits per heavy atom. The first kappa shape index (κ1) is 16.3. The summed E-state index contributed by atoms with van der Waals surface area (Å²) in [7, 11) is 0.0896. The average Bonchev–Trinajstić information content (AvgIpc) is 3.29. The van der Waals surface area contributed by atoms with Crippen LogP contribution in [0.1, 0.15) is 31.7 Å². The quantitative estimate of drug-likeness (QED) is 0.797. The van der Waals surface area contributed by atoms with Crippen molar-refractivity contribution in [3.05, 3.63) is 23.8 Å². The van der Waals surface area contributed by atoms with Crippen LogP contribution in [0, 0.1) is 0 Å². The molecule has 1 fully saturated rings. The molecule has 21 heavy (non-hydrogen) atoms. The zero-order valence-electron chi connectivity index (χ0n) is 12.9. The van der Waals surface area contributed by atoms with Crippen molar-refractivity contribution in [3.8, 4) is 5.75 Å². The highest BCUT2D eigenvalue weighted by Gasteiger charge is 2.35. The maximum absolute atomic E-state index is 12.6. The van der Waals surface area contributed by atoms with Crippen LogP contribution in [0.5, 0.6) is 5.75 Å². The molecule has 0 heterocycles. The van der Waals surface area contributed by atoms with Crippen LogP contribution in [0.15, 0.2) is 23.1 Å². The molecule has 0 amide bonds. The van der Waals surface area contributed by atoms with Gasteiger partial charge in [-0.05, 0) is 44.5 Å². The summed E-state index contributed by atoms with van der Waals surface area (Å²) in [6.45, 7) is 3.25. The standard InChI is InChI=1S/C15H24N2O3S/c1-4-9-20-15-8-7-14(10-12(15)11-16-2)21(18,19)17(3)13-5-6-13/h7-8,10,13,16H,4-6,9,11H2,1-3H3. The van der Waals surface area contributed by atoms with Crippen LogP contribution in [0.25, 0.3) is 0 Å². The summed E-state index contributed by atoms with van der Waals surface area (Å²) in [5.74, 6) is 0.749. The molecule has 0 bridgehead atoms. The summed E-state index contributed by atoms with van der Waals surface area (Å²) in [5.41, 5.74) is 0.872. The van der Waals surface area contributed by atoms with E-state index in [1.54, 1.807) is 25.2 Å². The van der Waals surface area contributed by atoms with E-state index >= 15 is 0 Å². The van der Waals surface area contributed by atoms with Crippen molar-refractivity contribution in [1.82, 2.24) is 9.62 Å². The van der Waals surface area contributed by atoms with Gasteiger partial charge in [0.15, 0.2) is 0 Å². The Morgan fingerprint density at radius 1 is 1.38 bits per heavy atom. The summed E-state index contributed by atoms with van der Waals surface area (Å²) in [4.78, 5) is 0.339. The van der Waals surface area contributed by atoms with Crippen molar-refractivity contribution < 1.29 is 13.2 Å². The smallest absolute Gasteiger partial charge is 0.243 e. The first-order valence-corrected chi connectivity index (χ1v) is 8.83. The molecule has 0 aromatic heterocycles. The Labute approximate surface area is 127 Å². The van der Waals surface area contributed by atoms with Gasteiger partial charge >= 0.3 is 0 Å². The van der Waals surface area contributed by atoms with Crippen molar-refractivity contribution in [1.29, 1.82) is 0 Å². The average molecular weight is 312 g/mol. The molecule has 2 rings (SSSR count). The van der Waals surface area contributed by atoms with E-state index in [1.807, 2.05) is 14.0 Å². The van der Waals surface area contributed by atoms with Gasteiger partial charge in [0.05, 0.1) is 11.5 Å². The fourth-order valence-corrected chi connectivity index (χ4v) is 3.67. The SMILES string of the molecule is CCCOc1ccc(S(=O)(=O)N(C)C2CC2)cc1CNC. The molecule has 0 saturated heterocycles. The molecule has 0 unspecified atom stereocenters. The van der Waals surface area contributed by atoms with Crippen LogP contribution >= 0.6 is 0 Å². The highest BCUT2D eigenvalue weighted by atomic mass is 32.2. The van der Waals surface area contributed by atoms with E-state index in [4.69, 9.17) is 4.74 Å². The monoisotopic (exact) mass is 312 g/mol. The van der Waals surface area contributed by atoms with Crippen LogP contribution in [0.4, 0.5) is 0 Å². The van der Waals surface area contributed by atoms with E-state index in [0.29, 0.717) is 18.0 Å². The van der Waals surface area contributed by atoms with Crippen LogP contribution < -0.4 is 10.1 Å². The predicted molar refractivity (Wildman–Crippen MR) is 83.0 cm³/mol. The fourth-order valence-electron chi connectivity index (χ4n) is 2.20. The maximum atomic E-state index is 12.6. The number of hydrogen-bond acceptors (Lipinski definition) is 4. The van der Waals surface area contributed by atoms with E-state index in [-0.39, 0.29) is 6.04 Å². The molecule has 118 valence electrons. The predicted octanol–water partition coefficient (Wildman–Crippen LogP) is 1.98. The number of sulfonamides is 1. The number of benzene rings is 1. The third-order valence-corrected chi connectivity index (χ3v) is 5.51. The van der Waals surface area contributed by atoms with Crippen molar-refractivity contribution in [2.24, 2.45) is 0 Å². The van der Waals surface area contributed by atoms with Gasteiger partial charge in [-0.1, -0.05) is 6.92 Å². The molecule has 6 heteroatoms. The molecule has 0 aliphatic heterocycles. The molecule has 1 saturated carbocycles. The highest BCUT2D eigenvalue weighted by molar-refractivity contribution is 7.89. The molecule has 0 atom stereocenters. The lowest BCUT2D eigenvalue weighted by Gasteiger charge is -2.18. The Bertz CT molecular complexity index is 583. The molecular formula is C15H24N2O3S. The zero-order chi connectivity index (χ0) is 15.5. The highest BCUT2D eigenvalue weighted by Crippen LogP contribution is 2.32. The third kappa shape index (κ3) is 3.75. The van der Waals surface area contributed by atoms with Gasteiger partial charge in [0.2, 0.25) is 10.0 Å². The van der Waals surface area contributed by atoms with Crippen LogP contribution in [0.3, 0.4) is 0 Å². The topological polar surface area (TPSA) is 58.6 Å². The van der Waals surface area contributed by atoms with Crippen LogP contribution in [-0.2, 0) is 16.6 Å². The first-order valence-electron chi connectivity index (χ1n) is 7.39. The first-order chi connectivity index (χ1) is 10.0. The summed E-state index contributed by atoms with van der Waals surface area (Å²) in [6, 6.07) is 5.28. The molecule has 1 aliphatic carbocycles. The molecule has 1 aromatic rings. The lowest BCUT2D eigenvalue weighted by atomic mass is 10.2. The van der Waals surface area contributed by atoms with Gasteiger partial charge in [-0.25, -0.2) is 8.42 Å². The van der Waals surface area contributed by atoms with Gasteiger partial charge in [0.1, 0.15) is 5.75 Å². The Morgan fingerprint density at radius 2 is 2.10 bits per heavy atom. The number of nitrogens with zero attached hydrogens (tertiary/aromatic N) is 1. The molecule has 1 N–H and O–H groups in total. The second kappa shape index (κ2) is 6.77. The molecule has 0 spiro atoms. The normalized spacial score (nSPS) is 15.4. The van der Waals surface area contributed by atoms with Gasteiger partial charge in [0.25, 0.3) is 0 Å². The lowest BCUT2D eigenvalue weighted by molar-refractivity contribution is 0.313. The molecular weight excluding hydrogens is 288 g/mol. The Hall–Kier alpha value is -1.11. The van der Waals surface area contributed by atoms with E-state index < -0.39 is 10.0 Å². The fraction of sp³-hybridized carbons (Fsp3) is 0.600. The van der Waals surface area contributed by atoms with Gasteiger partial charge in [0, 0.05) is 25.2 Å². The molecule has 5 nitrogen and oxygen atoms in total. The van der Waals surface area contributed by atoms with Crippen LogP contribution in [0.2, 0.25) is 0 Å². The minimum Gasteiger partial charge on any atom is -0.493 e. The van der Waals surface area contributed by atoms with Gasteiger partial charge in [-0.15, -0.1) is 0 Å². The number of hydrogen-bond donors (Lipinski definition) is 1. The van der Waals surface area contributed by atoms with Crippen molar-refractivity contribution in [2.75, 3.05) is 20.7 Å². The largest absolute Gasteiger partial charge is 0.493 e. The second-order valence-corrected chi connectivity index (χ2v) is 7.40. The van der Waals surface area contributed by atoms with Crippen molar-refractivity contribution >= 4 is 10.0 Å². The summed E-state index contributed by atoms with van der Waals surface area (Å²) >= 11 is 0. The van der Waals surface area contributed by atoms with Crippen LogP contribution in [-0.4, -0.2) is 39.5 Å². The van der Waals surface area contributed by atoms with E-state index in [2.05, 4.69) is 5.32 Å². The van der Waals surface area contributed by atoms with E-state index in [9.17, 15) is 8.42 Å². The van der Waals surface area contributed by atoms with Gasteiger partial charge in [-0.3, -0.25) is 0 Å². The van der Waals surface area contributed by atoms with Crippen molar-refractivity contribution in [3.63, 3.8) is 0 Å². The van der Waals surface area contributed by atoms with E-state index in [0.717, 1.165) is 30.6 Å². The minimum atomic E-state index is -3.40. The summed E-state index contributed by atoms with van der Waals surface area (Å²) in [6.07, 6.45) is 2.83. The van der Waals surface area contributed by atoms with Gasteiger partial charge in [-0.2, -0.15) is 4.31 Å². The number of ether oxygens (including phenoxy) is 1. The molecule has 1 aliphatic rings. The van der Waals surface area contributed by atoms with Gasteiger partial charge < -0.3 is 10.1 Å². The number of rotatable bonds is 8. The molecule has 0 radical (unpaired) electrons. The van der Waals surface area contributed by atoms with Crippen molar-refractivity contribution in [2.45, 2.75) is 43.7 Å². The Balaban J connectivity index is 2.29. The number of nitrogens with one attached hydrogen (secondary N) is 1. The second-order valence-electron chi connectivity index (χ2n) is 5.40. The summed E-state index contributed by atoms with van der Waals surface area (Å²) in [5, 5.41) is 3.06. The molecule has 1 aromatic carbocycles. The van der Waals surface area contributed by atoms with E-state index in [1.165, 1.54) is 4.31 Å². The lowest BCUT2D eigenvalue weighted by Crippen LogP contribution is -2.29. The minimum absolute atomic E-state index is 0.166. The zero-order valence-corrected chi connectivity index (χ0v) is 13.7. The third-order valence-electron chi connectivity index (χ3n) is 3.60.